The molecule has 2 amide bonds. The minimum absolute atomic E-state index is 0.0662. The highest BCUT2D eigenvalue weighted by atomic mass is 19.4. The Morgan fingerprint density at radius 2 is 1.66 bits per heavy atom. The highest BCUT2D eigenvalue weighted by Gasteiger charge is 2.31. The number of carbonyl (C=O) groups is 2. The molecule has 2 aromatic carbocycles. The van der Waals surface area contributed by atoms with Gasteiger partial charge < -0.3 is 14.5 Å². The van der Waals surface area contributed by atoms with Gasteiger partial charge in [0.05, 0.1) is 12.7 Å². The molecule has 0 N–H and O–H groups in total. The van der Waals surface area contributed by atoms with Gasteiger partial charge in [0.15, 0.2) is 0 Å². The number of carbonyl (C=O) groups excluding carboxylic acids is 2. The van der Waals surface area contributed by atoms with Crippen LogP contribution in [0.5, 0.6) is 5.75 Å². The molecule has 0 radical (unpaired) electrons. The molecule has 1 saturated heterocycles. The summed E-state index contributed by atoms with van der Waals surface area (Å²) >= 11 is 0. The van der Waals surface area contributed by atoms with Gasteiger partial charge in [0, 0.05) is 38.2 Å². The summed E-state index contributed by atoms with van der Waals surface area (Å²) < 4.78 is 43.2. The van der Waals surface area contributed by atoms with E-state index in [1.54, 1.807) is 12.0 Å². The molecule has 5 nitrogen and oxygen atoms in total. The summed E-state index contributed by atoms with van der Waals surface area (Å²) in [6, 6.07) is 11.5. The maximum absolute atomic E-state index is 12.7. The normalized spacial score (nSPS) is 15.2. The third-order valence-electron chi connectivity index (χ3n) is 4.87. The monoisotopic (exact) mass is 406 g/mol. The maximum Gasteiger partial charge on any atom is 0.416 e. The van der Waals surface area contributed by atoms with Gasteiger partial charge in [-0.2, -0.15) is 13.2 Å². The van der Waals surface area contributed by atoms with Gasteiger partial charge in [0.25, 0.3) is 5.91 Å². The Balaban J connectivity index is 1.64. The molecule has 0 saturated carbocycles. The fourth-order valence-corrected chi connectivity index (χ4v) is 3.17. The fourth-order valence-electron chi connectivity index (χ4n) is 3.17. The molecule has 8 heteroatoms. The Labute approximate surface area is 166 Å². The number of halogens is 3. The van der Waals surface area contributed by atoms with Crippen molar-refractivity contribution in [3.8, 4) is 5.75 Å². The molecule has 0 unspecified atom stereocenters. The fraction of sp³-hybridized carbons (Fsp3) is 0.333. The zero-order valence-corrected chi connectivity index (χ0v) is 15.9. The lowest BCUT2D eigenvalue weighted by molar-refractivity contribution is -0.137. The lowest BCUT2D eigenvalue weighted by Crippen LogP contribution is -2.35. The number of rotatable bonds is 4. The number of benzene rings is 2. The van der Waals surface area contributed by atoms with Gasteiger partial charge in [0.1, 0.15) is 5.75 Å². The number of amides is 2. The molecule has 0 bridgehead atoms. The largest absolute Gasteiger partial charge is 0.497 e. The van der Waals surface area contributed by atoms with Gasteiger partial charge in [0.2, 0.25) is 5.91 Å². The molecule has 0 atom stereocenters. The summed E-state index contributed by atoms with van der Waals surface area (Å²) in [6.07, 6.45) is -4.28. The first-order valence-corrected chi connectivity index (χ1v) is 9.15. The molecule has 2 aromatic rings. The predicted octanol–water partition coefficient (Wildman–Crippen LogP) is 3.59. The number of hydrogen-bond donors (Lipinski definition) is 0. The minimum Gasteiger partial charge on any atom is -0.497 e. The van der Waals surface area contributed by atoms with Crippen molar-refractivity contribution >= 4 is 11.8 Å². The molecule has 1 aliphatic rings. The first-order chi connectivity index (χ1) is 13.8. The molecule has 1 aliphatic heterocycles. The Hall–Kier alpha value is -3.03. The molecule has 1 fully saturated rings. The standard InChI is InChI=1S/C21H21F3N2O3/c1-29-18-8-2-15(3-9-18)14-26-13-12-25(11-10-19(26)27)20(28)16-4-6-17(7-5-16)21(22,23)24/h2-9H,10-14H2,1H3. The smallest absolute Gasteiger partial charge is 0.416 e. The van der Waals surface area contributed by atoms with Crippen molar-refractivity contribution in [2.24, 2.45) is 0 Å². The second-order valence-electron chi connectivity index (χ2n) is 6.78. The van der Waals surface area contributed by atoms with Crippen LogP contribution in [0, 0.1) is 0 Å². The number of nitrogens with zero attached hydrogens (tertiary/aromatic N) is 2. The van der Waals surface area contributed by atoms with Crippen molar-refractivity contribution in [2.45, 2.75) is 19.1 Å². The van der Waals surface area contributed by atoms with E-state index in [9.17, 15) is 22.8 Å². The summed E-state index contributed by atoms with van der Waals surface area (Å²) in [5.41, 5.74) is 0.321. The summed E-state index contributed by atoms with van der Waals surface area (Å²) in [7, 11) is 1.58. The topological polar surface area (TPSA) is 49.9 Å². The molecule has 0 aliphatic carbocycles. The molecule has 1 heterocycles. The zero-order chi connectivity index (χ0) is 21.0. The molecule has 0 spiro atoms. The third kappa shape index (κ3) is 5.07. The second kappa shape index (κ2) is 8.55. The molecular formula is C21H21F3N2O3. The number of methoxy groups -OCH3 is 1. The predicted molar refractivity (Wildman–Crippen MR) is 100 cm³/mol. The summed E-state index contributed by atoms with van der Waals surface area (Å²) in [5.74, 6) is 0.283. The van der Waals surface area contributed by atoms with Gasteiger partial charge in [-0.3, -0.25) is 9.59 Å². The van der Waals surface area contributed by atoms with Crippen molar-refractivity contribution in [2.75, 3.05) is 26.7 Å². The molecule has 154 valence electrons. The van der Waals surface area contributed by atoms with Crippen LogP contribution >= 0.6 is 0 Å². The summed E-state index contributed by atoms with van der Waals surface area (Å²) in [6.45, 7) is 1.34. The van der Waals surface area contributed by atoms with E-state index in [-0.39, 0.29) is 30.3 Å². The van der Waals surface area contributed by atoms with Crippen molar-refractivity contribution in [3.05, 3.63) is 65.2 Å². The Morgan fingerprint density at radius 3 is 2.24 bits per heavy atom. The second-order valence-corrected chi connectivity index (χ2v) is 6.78. The zero-order valence-electron chi connectivity index (χ0n) is 15.9. The van der Waals surface area contributed by atoms with Crippen LogP contribution < -0.4 is 4.74 Å². The van der Waals surface area contributed by atoms with E-state index < -0.39 is 11.7 Å². The van der Waals surface area contributed by atoms with Gasteiger partial charge in [-0.05, 0) is 42.0 Å². The average molecular weight is 406 g/mol. The number of ether oxygens (including phenoxy) is 1. The first kappa shape index (κ1) is 20.7. The van der Waals surface area contributed by atoms with E-state index in [1.165, 1.54) is 17.0 Å². The van der Waals surface area contributed by atoms with Crippen LogP contribution in [0.15, 0.2) is 48.5 Å². The van der Waals surface area contributed by atoms with Gasteiger partial charge in [-0.15, -0.1) is 0 Å². The number of hydrogen-bond acceptors (Lipinski definition) is 3. The Morgan fingerprint density at radius 1 is 1.00 bits per heavy atom. The quantitative estimate of drug-likeness (QED) is 0.780. The van der Waals surface area contributed by atoms with Crippen molar-refractivity contribution in [3.63, 3.8) is 0 Å². The third-order valence-corrected chi connectivity index (χ3v) is 4.87. The van der Waals surface area contributed by atoms with E-state index in [4.69, 9.17) is 4.74 Å². The average Bonchev–Trinajstić information content (AvgIpc) is 2.89. The van der Waals surface area contributed by atoms with E-state index in [0.29, 0.717) is 19.6 Å². The highest BCUT2D eigenvalue weighted by molar-refractivity contribution is 5.94. The van der Waals surface area contributed by atoms with Gasteiger partial charge >= 0.3 is 6.18 Å². The molecular weight excluding hydrogens is 385 g/mol. The Bertz CT molecular complexity index is 864. The van der Waals surface area contributed by atoms with Crippen LogP contribution in [0.1, 0.15) is 27.9 Å². The first-order valence-electron chi connectivity index (χ1n) is 9.15. The highest BCUT2D eigenvalue weighted by Crippen LogP contribution is 2.29. The minimum atomic E-state index is -4.45. The van der Waals surface area contributed by atoms with Crippen LogP contribution in [0.2, 0.25) is 0 Å². The molecule has 3 rings (SSSR count). The molecule has 0 aromatic heterocycles. The SMILES string of the molecule is COc1ccc(CN2CCN(C(=O)c3ccc(C(F)(F)F)cc3)CCC2=O)cc1. The van der Waals surface area contributed by atoms with Crippen molar-refractivity contribution in [1.82, 2.24) is 9.80 Å². The van der Waals surface area contributed by atoms with E-state index in [1.807, 2.05) is 24.3 Å². The maximum atomic E-state index is 12.7. The van der Waals surface area contributed by atoms with E-state index in [2.05, 4.69) is 0 Å². The van der Waals surface area contributed by atoms with Crippen LogP contribution in [0.3, 0.4) is 0 Å². The van der Waals surface area contributed by atoms with Gasteiger partial charge in [-0.25, -0.2) is 0 Å². The number of alkyl halides is 3. The van der Waals surface area contributed by atoms with Crippen molar-refractivity contribution < 1.29 is 27.5 Å². The van der Waals surface area contributed by atoms with Crippen LogP contribution in [0.4, 0.5) is 13.2 Å². The van der Waals surface area contributed by atoms with E-state index >= 15 is 0 Å². The lowest BCUT2D eigenvalue weighted by Gasteiger charge is -2.22. The summed E-state index contributed by atoms with van der Waals surface area (Å²) in [5, 5.41) is 0. The lowest BCUT2D eigenvalue weighted by atomic mass is 10.1. The van der Waals surface area contributed by atoms with Crippen LogP contribution in [-0.2, 0) is 17.5 Å². The Kier molecular flexibility index (Phi) is 6.10. The van der Waals surface area contributed by atoms with Gasteiger partial charge in [-0.1, -0.05) is 12.1 Å². The molecule has 29 heavy (non-hydrogen) atoms. The summed E-state index contributed by atoms with van der Waals surface area (Å²) in [4.78, 5) is 28.3. The van der Waals surface area contributed by atoms with Crippen LogP contribution in [0.25, 0.3) is 0 Å². The van der Waals surface area contributed by atoms with Crippen molar-refractivity contribution in [1.29, 1.82) is 0 Å². The van der Waals surface area contributed by atoms with Crippen LogP contribution in [-0.4, -0.2) is 48.4 Å². The van der Waals surface area contributed by atoms with E-state index in [0.717, 1.165) is 23.4 Å².